The van der Waals surface area contributed by atoms with Crippen molar-refractivity contribution in [1.29, 1.82) is 0 Å². The molecule has 0 saturated carbocycles. The molecule has 0 aliphatic rings. The fourth-order valence-corrected chi connectivity index (χ4v) is 1.51. The molecular formula is C14H19NO3. The van der Waals surface area contributed by atoms with Crippen molar-refractivity contribution >= 4 is 11.9 Å². The van der Waals surface area contributed by atoms with Crippen LogP contribution in [0.2, 0.25) is 0 Å². The van der Waals surface area contributed by atoms with Crippen LogP contribution in [0.15, 0.2) is 30.3 Å². The summed E-state index contributed by atoms with van der Waals surface area (Å²) in [6.07, 6.45) is 1.53. The molecule has 1 atom stereocenters. The fourth-order valence-electron chi connectivity index (χ4n) is 1.51. The Morgan fingerprint density at radius 1 is 1.22 bits per heavy atom. The summed E-state index contributed by atoms with van der Waals surface area (Å²) in [5.74, 6) is -1.11. The monoisotopic (exact) mass is 249 g/mol. The number of esters is 2. The van der Waals surface area contributed by atoms with Crippen LogP contribution in [-0.2, 0) is 9.53 Å². The molecule has 4 heteroatoms. The molecule has 1 N–H and O–H groups in total. The van der Waals surface area contributed by atoms with Crippen molar-refractivity contribution in [3.63, 3.8) is 0 Å². The Balaban J connectivity index is 2.55. The highest BCUT2D eigenvalue weighted by Crippen LogP contribution is 2.03. The third-order valence-electron chi connectivity index (χ3n) is 2.54. The second-order valence-corrected chi connectivity index (χ2v) is 3.99. The molecule has 0 amide bonds. The average Bonchev–Trinajstić information content (AvgIpc) is 2.40. The van der Waals surface area contributed by atoms with Crippen molar-refractivity contribution in [1.82, 2.24) is 5.32 Å². The number of hydrogen-bond acceptors (Lipinski definition) is 4. The van der Waals surface area contributed by atoms with E-state index in [-0.39, 0.29) is 0 Å². The number of hydrogen-bond donors (Lipinski definition) is 1. The van der Waals surface area contributed by atoms with Gasteiger partial charge in [0.25, 0.3) is 0 Å². The van der Waals surface area contributed by atoms with Crippen LogP contribution in [0.1, 0.15) is 37.0 Å². The van der Waals surface area contributed by atoms with Crippen molar-refractivity contribution in [2.75, 3.05) is 6.54 Å². The minimum absolute atomic E-state index is 0.385. The van der Waals surface area contributed by atoms with E-state index >= 15 is 0 Å². The molecule has 98 valence electrons. The maximum Gasteiger partial charge on any atom is 0.345 e. The third kappa shape index (κ3) is 4.30. The maximum absolute atomic E-state index is 11.8. The third-order valence-corrected chi connectivity index (χ3v) is 2.54. The van der Waals surface area contributed by atoms with Gasteiger partial charge in [-0.25, -0.2) is 9.59 Å². The second kappa shape index (κ2) is 7.61. The van der Waals surface area contributed by atoms with Crippen molar-refractivity contribution in [2.24, 2.45) is 0 Å². The number of benzene rings is 1. The van der Waals surface area contributed by atoms with E-state index in [4.69, 9.17) is 4.74 Å². The molecule has 4 nitrogen and oxygen atoms in total. The smallest absolute Gasteiger partial charge is 0.345 e. The average molecular weight is 249 g/mol. The fraction of sp³-hybridized carbons (Fsp3) is 0.429. The number of nitrogens with one attached hydrogen (secondary N) is 1. The van der Waals surface area contributed by atoms with Crippen LogP contribution in [-0.4, -0.2) is 24.5 Å². The van der Waals surface area contributed by atoms with Gasteiger partial charge in [-0.1, -0.05) is 32.0 Å². The second-order valence-electron chi connectivity index (χ2n) is 3.99. The molecule has 1 aromatic rings. The molecule has 0 aliphatic carbocycles. The molecule has 0 radical (unpaired) electrons. The summed E-state index contributed by atoms with van der Waals surface area (Å²) in [5.41, 5.74) is 0.385. The lowest BCUT2D eigenvalue weighted by molar-refractivity contribution is -0.140. The molecule has 0 spiro atoms. The normalized spacial score (nSPS) is 11.9. The minimum Gasteiger partial charge on any atom is -0.388 e. The quantitative estimate of drug-likeness (QED) is 0.620. The lowest BCUT2D eigenvalue weighted by atomic mass is 10.2. The first kappa shape index (κ1) is 14.4. The van der Waals surface area contributed by atoms with E-state index in [0.29, 0.717) is 12.0 Å². The summed E-state index contributed by atoms with van der Waals surface area (Å²) in [6, 6.07) is 8.08. The van der Waals surface area contributed by atoms with Crippen LogP contribution >= 0.6 is 0 Å². The van der Waals surface area contributed by atoms with Gasteiger partial charge in [0.2, 0.25) is 0 Å². The lowest BCUT2D eigenvalue weighted by Gasteiger charge is -2.14. The molecule has 0 heterocycles. The molecule has 1 aromatic carbocycles. The summed E-state index contributed by atoms with van der Waals surface area (Å²) < 4.78 is 4.85. The Morgan fingerprint density at radius 2 is 1.89 bits per heavy atom. The zero-order valence-electron chi connectivity index (χ0n) is 10.8. The highest BCUT2D eigenvalue weighted by Gasteiger charge is 2.20. The predicted molar refractivity (Wildman–Crippen MR) is 69.2 cm³/mol. The standard InChI is InChI=1S/C14H19NO3/c1-3-10-15-12(4-2)14(17)18-13(16)11-8-6-5-7-9-11/h5-9,12,15H,3-4,10H2,1-2H3. The number of carbonyl (C=O) groups is 2. The van der Waals surface area contributed by atoms with Gasteiger partial charge in [0.15, 0.2) is 0 Å². The molecule has 0 aromatic heterocycles. The van der Waals surface area contributed by atoms with E-state index in [2.05, 4.69) is 5.32 Å². The van der Waals surface area contributed by atoms with Crippen LogP contribution < -0.4 is 5.32 Å². The van der Waals surface area contributed by atoms with Gasteiger partial charge in [-0.3, -0.25) is 0 Å². The van der Waals surface area contributed by atoms with E-state index in [0.717, 1.165) is 13.0 Å². The SMILES string of the molecule is CCCNC(CC)C(=O)OC(=O)c1ccccc1. The largest absolute Gasteiger partial charge is 0.388 e. The number of carbonyl (C=O) groups excluding carboxylic acids is 2. The van der Waals surface area contributed by atoms with E-state index in [9.17, 15) is 9.59 Å². The van der Waals surface area contributed by atoms with Crippen LogP contribution in [0.3, 0.4) is 0 Å². The molecule has 1 rings (SSSR count). The zero-order chi connectivity index (χ0) is 13.4. The van der Waals surface area contributed by atoms with Crippen LogP contribution in [0.4, 0.5) is 0 Å². The summed E-state index contributed by atoms with van der Waals surface area (Å²) in [7, 11) is 0. The van der Waals surface area contributed by atoms with Gasteiger partial charge >= 0.3 is 11.9 Å². The Kier molecular flexibility index (Phi) is 6.08. The summed E-state index contributed by atoms with van der Waals surface area (Å²) in [5, 5.41) is 3.05. The van der Waals surface area contributed by atoms with E-state index in [1.807, 2.05) is 13.8 Å². The van der Waals surface area contributed by atoms with Gasteiger partial charge in [-0.15, -0.1) is 0 Å². The molecule has 1 unspecified atom stereocenters. The Morgan fingerprint density at radius 3 is 2.44 bits per heavy atom. The number of rotatable bonds is 6. The van der Waals surface area contributed by atoms with Crippen LogP contribution in [0.25, 0.3) is 0 Å². The van der Waals surface area contributed by atoms with E-state index < -0.39 is 18.0 Å². The van der Waals surface area contributed by atoms with Crippen molar-refractivity contribution in [3.8, 4) is 0 Å². The van der Waals surface area contributed by atoms with Gasteiger partial charge in [-0.2, -0.15) is 0 Å². The first-order chi connectivity index (χ1) is 8.69. The molecule has 0 fully saturated rings. The van der Waals surface area contributed by atoms with Gasteiger partial charge < -0.3 is 10.1 Å². The first-order valence-corrected chi connectivity index (χ1v) is 6.23. The lowest BCUT2D eigenvalue weighted by Crippen LogP contribution is -2.38. The van der Waals surface area contributed by atoms with Crippen molar-refractivity contribution in [2.45, 2.75) is 32.7 Å². The Bertz CT molecular complexity index is 389. The summed E-state index contributed by atoms with van der Waals surface area (Å²) in [4.78, 5) is 23.4. The zero-order valence-corrected chi connectivity index (χ0v) is 10.8. The summed E-state index contributed by atoms with van der Waals surface area (Å²) >= 11 is 0. The van der Waals surface area contributed by atoms with E-state index in [1.165, 1.54) is 0 Å². The van der Waals surface area contributed by atoms with E-state index in [1.54, 1.807) is 30.3 Å². The topological polar surface area (TPSA) is 55.4 Å². The highest BCUT2D eigenvalue weighted by atomic mass is 16.6. The van der Waals surface area contributed by atoms with Gasteiger partial charge in [0, 0.05) is 0 Å². The van der Waals surface area contributed by atoms with Gasteiger partial charge in [0.1, 0.15) is 6.04 Å². The van der Waals surface area contributed by atoms with Crippen molar-refractivity contribution < 1.29 is 14.3 Å². The number of ether oxygens (including phenoxy) is 1. The molecular weight excluding hydrogens is 230 g/mol. The maximum atomic E-state index is 11.8. The molecule has 18 heavy (non-hydrogen) atoms. The minimum atomic E-state index is -0.600. The van der Waals surface area contributed by atoms with Gasteiger partial charge in [0.05, 0.1) is 5.56 Å². The predicted octanol–water partition coefficient (Wildman–Crippen LogP) is 2.15. The molecule has 0 bridgehead atoms. The molecule has 0 aliphatic heterocycles. The molecule has 0 saturated heterocycles. The Hall–Kier alpha value is -1.68. The summed E-state index contributed by atoms with van der Waals surface area (Å²) in [6.45, 7) is 4.62. The van der Waals surface area contributed by atoms with Crippen molar-refractivity contribution in [3.05, 3.63) is 35.9 Å². The van der Waals surface area contributed by atoms with Gasteiger partial charge in [-0.05, 0) is 31.5 Å². The van der Waals surface area contributed by atoms with Crippen LogP contribution in [0, 0.1) is 0 Å². The highest BCUT2D eigenvalue weighted by molar-refractivity contribution is 5.98. The van der Waals surface area contributed by atoms with Crippen LogP contribution in [0.5, 0.6) is 0 Å². The Labute approximate surface area is 107 Å². The first-order valence-electron chi connectivity index (χ1n) is 6.23.